The molecule has 0 aromatic rings. The summed E-state index contributed by atoms with van der Waals surface area (Å²) in [5.74, 6) is -0.123. The van der Waals surface area contributed by atoms with E-state index in [9.17, 15) is 4.79 Å². The first-order valence-corrected chi connectivity index (χ1v) is 7.04. The minimum atomic E-state index is -0.447. The number of carbonyl (C=O) groups excluding carboxylic acids is 1. The first-order chi connectivity index (χ1) is 9.37. The monoisotopic (exact) mass is 294 g/mol. The van der Waals surface area contributed by atoms with E-state index in [1.54, 1.807) is 27.7 Å². The molecule has 0 aromatic heterocycles. The molecule has 6 heteroatoms. The molecule has 0 radical (unpaired) electrons. The van der Waals surface area contributed by atoms with Crippen molar-refractivity contribution in [2.75, 3.05) is 26.4 Å². The third-order valence-corrected chi connectivity index (χ3v) is 2.09. The molecule has 3 atom stereocenters. The fourth-order valence-corrected chi connectivity index (χ4v) is 0.967. The topological polar surface area (TPSA) is 85.2 Å². The zero-order valence-electron chi connectivity index (χ0n) is 13.3. The minimum Gasteiger partial charge on any atom is -0.466 e. The van der Waals surface area contributed by atoms with Gasteiger partial charge in [-0.2, -0.15) is 0 Å². The summed E-state index contributed by atoms with van der Waals surface area (Å²) >= 11 is 0. The zero-order valence-corrected chi connectivity index (χ0v) is 13.3. The van der Waals surface area contributed by atoms with Gasteiger partial charge >= 0.3 is 5.97 Å². The maximum atomic E-state index is 10.2. The van der Waals surface area contributed by atoms with Gasteiger partial charge in [0.05, 0.1) is 44.7 Å². The number of aliphatic hydroxyl groups is 2. The van der Waals surface area contributed by atoms with Crippen molar-refractivity contribution >= 4 is 5.97 Å². The van der Waals surface area contributed by atoms with Crippen LogP contribution in [-0.4, -0.2) is 60.9 Å². The standard InChI is InChI=1S/C9H20O4.C5H10O2/c1-7(11)5-12-9(3)6-13-8(2)4-10;1-3-5(6)7-4-2/h7-11H,4-6H2,1-3H3;3-4H2,1-2H3. The molecule has 122 valence electrons. The van der Waals surface area contributed by atoms with Crippen molar-refractivity contribution in [1.82, 2.24) is 0 Å². The number of aliphatic hydroxyl groups excluding tert-OH is 2. The van der Waals surface area contributed by atoms with Crippen molar-refractivity contribution in [3.63, 3.8) is 0 Å². The number of ether oxygens (including phenoxy) is 3. The van der Waals surface area contributed by atoms with Crippen LogP contribution in [-0.2, 0) is 19.0 Å². The van der Waals surface area contributed by atoms with Gasteiger partial charge in [-0.25, -0.2) is 0 Å². The van der Waals surface area contributed by atoms with E-state index in [0.717, 1.165) is 0 Å². The number of hydrogen-bond acceptors (Lipinski definition) is 6. The molecule has 0 bridgehead atoms. The first kappa shape index (κ1) is 21.6. The molecule has 0 fully saturated rings. The molecule has 3 unspecified atom stereocenters. The van der Waals surface area contributed by atoms with Crippen molar-refractivity contribution in [1.29, 1.82) is 0 Å². The summed E-state index contributed by atoms with van der Waals surface area (Å²) < 4.78 is 15.0. The molecule has 0 rings (SSSR count). The molecule has 0 aliphatic carbocycles. The summed E-state index contributed by atoms with van der Waals surface area (Å²) in [4.78, 5) is 10.2. The lowest BCUT2D eigenvalue weighted by Crippen LogP contribution is -2.24. The number of rotatable bonds is 9. The Morgan fingerprint density at radius 1 is 1.05 bits per heavy atom. The Hall–Kier alpha value is -0.690. The van der Waals surface area contributed by atoms with Crippen LogP contribution < -0.4 is 0 Å². The van der Waals surface area contributed by atoms with Crippen molar-refractivity contribution in [2.45, 2.75) is 59.4 Å². The van der Waals surface area contributed by atoms with Crippen molar-refractivity contribution < 1.29 is 29.2 Å². The third kappa shape index (κ3) is 17.3. The van der Waals surface area contributed by atoms with Crippen LogP contribution in [0.5, 0.6) is 0 Å². The Bertz CT molecular complexity index is 220. The molecule has 2 N–H and O–H groups in total. The molecule has 0 amide bonds. The van der Waals surface area contributed by atoms with Crippen LogP contribution in [0.25, 0.3) is 0 Å². The zero-order chi connectivity index (χ0) is 16.0. The molecular formula is C14H30O6. The van der Waals surface area contributed by atoms with Gasteiger partial charge in [0.15, 0.2) is 0 Å². The van der Waals surface area contributed by atoms with E-state index < -0.39 is 6.10 Å². The average Bonchev–Trinajstić information content (AvgIpc) is 2.43. The highest BCUT2D eigenvalue weighted by Crippen LogP contribution is 1.97. The Kier molecular flexibility index (Phi) is 15.9. The Morgan fingerprint density at radius 2 is 1.60 bits per heavy atom. The van der Waals surface area contributed by atoms with Crippen LogP contribution in [0.1, 0.15) is 41.0 Å². The molecule has 20 heavy (non-hydrogen) atoms. The largest absolute Gasteiger partial charge is 0.466 e. The summed E-state index contributed by atoms with van der Waals surface area (Å²) in [6.45, 7) is 10.2. The van der Waals surface area contributed by atoms with E-state index in [2.05, 4.69) is 4.74 Å². The SMILES string of the molecule is CC(O)COC(C)COC(C)CO.CCOC(=O)CC. The van der Waals surface area contributed by atoms with E-state index in [-0.39, 0.29) is 24.8 Å². The summed E-state index contributed by atoms with van der Waals surface area (Å²) in [5.41, 5.74) is 0. The molecule has 0 aliphatic heterocycles. The highest BCUT2D eigenvalue weighted by molar-refractivity contribution is 5.68. The molecule has 0 spiro atoms. The highest BCUT2D eigenvalue weighted by atomic mass is 16.5. The lowest BCUT2D eigenvalue weighted by atomic mass is 10.4. The number of hydrogen-bond donors (Lipinski definition) is 2. The fraction of sp³-hybridized carbons (Fsp3) is 0.929. The van der Waals surface area contributed by atoms with Crippen LogP contribution in [0.2, 0.25) is 0 Å². The van der Waals surface area contributed by atoms with Crippen LogP contribution in [0.4, 0.5) is 0 Å². The predicted molar refractivity (Wildman–Crippen MR) is 76.5 cm³/mol. The van der Waals surface area contributed by atoms with Gasteiger partial charge in [0.2, 0.25) is 0 Å². The second-order valence-electron chi connectivity index (χ2n) is 4.48. The lowest BCUT2D eigenvalue weighted by molar-refractivity contribution is -0.142. The van der Waals surface area contributed by atoms with Gasteiger partial charge in [-0.3, -0.25) is 4.79 Å². The van der Waals surface area contributed by atoms with Gasteiger partial charge < -0.3 is 24.4 Å². The molecule has 6 nitrogen and oxygen atoms in total. The van der Waals surface area contributed by atoms with Gasteiger partial charge in [0, 0.05) is 6.42 Å². The van der Waals surface area contributed by atoms with E-state index in [4.69, 9.17) is 19.7 Å². The Balaban J connectivity index is 0. The average molecular weight is 294 g/mol. The van der Waals surface area contributed by atoms with E-state index in [1.165, 1.54) is 0 Å². The summed E-state index contributed by atoms with van der Waals surface area (Å²) in [6, 6.07) is 0. The van der Waals surface area contributed by atoms with Crippen molar-refractivity contribution in [3.8, 4) is 0 Å². The predicted octanol–water partition coefficient (Wildman–Crippen LogP) is 1.13. The minimum absolute atomic E-state index is 0.0170. The van der Waals surface area contributed by atoms with Gasteiger partial charge in [-0.05, 0) is 27.7 Å². The van der Waals surface area contributed by atoms with Crippen LogP contribution >= 0.6 is 0 Å². The van der Waals surface area contributed by atoms with Crippen molar-refractivity contribution in [3.05, 3.63) is 0 Å². The van der Waals surface area contributed by atoms with Gasteiger partial charge in [0.1, 0.15) is 0 Å². The summed E-state index contributed by atoms with van der Waals surface area (Å²) in [7, 11) is 0. The molecule has 0 heterocycles. The maximum absolute atomic E-state index is 10.2. The van der Waals surface area contributed by atoms with Crippen LogP contribution in [0, 0.1) is 0 Å². The summed E-state index contributed by atoms with van der Waals surface area (Å²) in [5, 5.41) is 17.6. The van der Waals surface area contributed by atoms with Crippen molar-refractivity contribution in [2.24, 2.45) is 0 Å². The quantitative estimate of drug-likeness (QED) is 0.620. The normalized spacial score (nSPS) is 14.8. The molecule has 0 aliphatic rings. The maximum Gasteiger partial charge on any atom is 0.305 e. The van der Waals surface area contributed by atoms with Gasteiger partial charge in [-0.15, -0.1) is 0 Å². The smallest absolute Gasteiger partial charge is 0.305 e. The first-order valence-electron chi connectivity index (χ1n) is 7.04. The number of carbonyl (C=O) groups is 1. The van der Waals surface area contributed by atoms with Crippen LogP contribution in [0.3, 0.4) is 0 Å². The molecule has 0 saturated heterocycles. The summed E-state index contributed by atoms with van der Waals surface area (Å²) in [6.07, 6.45) is -0.174. The van der Waals surface area contributed by atoms with Crippen LogP contribution in [0.15, 0.2) is 0 Å². The Labute approximate surface area is 122 Å². The molecule has 0 aromatic carbocycles. The van der Waals surface area contributed by atoms with E-state index in [1.807, 2.05) is 6.92 Å². The van der Waals surface area contributed by atoms with E-state index in [0.29, 0.717) is 26.2 Å². The van der Waals surface area contributed by atoms with E-state index >= 15 is 0 Å². The lowest BCUT2D eigenvalue weighted by Gasteiger charge is -2.16. The van der Waals surface area contributed by atoms with Gasteiger partial charge in [-0.1, -0.05) is 6.92 Å². The molecule has 0 saturated carbocycles. The Morgan fingerprint density at radius 3 is 1.95 bits per heavy atom. The second-order valence-corrected chi connectivity index (χ2v) is 4.48. The van der Waals surface area contributed by atoms with Gasteiger partial charge in [0.25, 0.3) is 0 Å². The fourth-order valence-electron chi connectivity index (χ4n) is 0.967. The number of esters is 1. The second kappa shape index (κ2) is 14.7. The molecular weight excluding hydrogens is 264 g/mol. The third-order valence-electron chi connectivity index (χ3n) is 2.09. The highest BCUT2D eigenvalue weighted by Gasteiger charge is 2.07.